The van der Waals surface area contributed by atoms with Gasteiger partial charge in [-0.15, -0.1) is 0 Å². The van der Waals surface area contributed by atoms with E-state index in [0.29, 0.717) is 17.8 Å². The van der Waals surface area contributed by atoms with Crippen molar-refractivity contribution in [3.05, 3.63) is 75.9 Å². The lowest BCUT2D eigenvalue weighted by Crippen LogP contribution is -2.05. The van der Waals surface area contributed by atoms with Crippen LogP contribution in [0.3, 0.4) is 0 Å². The second kappa shape index (κ2) is 8.66. The van der Waals surface area contributed by atoms with E-state index in [2.05, 4.69) is 16.8 Å². The summed E-state index contributed by atoms with van der Waals surface area (Å²) in [6.07, 6.45) is 1.74. The van der Waals surface area contributed by atoms with Crippen molar-refractivity contribution in [2.24, 2.45) is 10.2 Å². The lowest BCUT2D eigenvalue weighted by molar-refractivity contribution is -0.384. The minimum absolute atomic E-state index is 0.0116. The number of rotatable bonds is 7. The van der Waals surface area contributed by atoms with Crippen molar-refractivity contribution in [1.29, 1.82) is 0 Å². The molecule has 134 valence electrons. The molecule has 0 saturated heterocycles. The molecule has 0 unspecified atom stereocenters. The Morgan fingerprint density at radius 1 is 1.19 bits per heavy atom. The SMILES string of the molecule is C=CC(=O)OCCc1cc(C)c(N=Nc2ccc([N+](=O)[O-])cc2)cc1C. The minimum Gasteiger partial charge on any atom is -0.462 e. The number of nitro groups is 1. The third-order valence-corrected chi connectivity index (χ3v) is 3.77. The second-order valence-corrected chi connectivity index (χ2v) is 5.66. The van der Waals surface area contributed by atoms with Crippen LogP contribution in [0.2, 0.25) is 0 Å². The van der Waals surface area contributed by atoms with Gasteiger partial charge >= 0.3 is 5.97 Å². The van der Waals surface area contributed by atoms with Gasteiger partial charge in [0, 0.05) is 24.6 Å². The highest BCUT2D eigenvalue weighted by Gasteiger charge is 2.07. The molecule has 0 amide bonds. The van der Waals surface area contributed by atoms with Crippen molar-refractivity contribution in [1.82, 2.24) is 0 Å². The molecule has 0 N–H and O–H groups in total. The molecular formula is C19H19N3O4. The first-order valence-electron chi connectivity index (χ1n) is 7.96. The van der Waals surface area contributed by atoms with Crippen LogP contribution in [0.25, 0.3) is 0 Å². The van der Waals surface area contributed by atoms with Crippen molar-refractivity contribution >= 4 is 23.0 Å². The number of esters is 1. The third-order valence-electron chi connectivity index (χ3n) is 3.77. The van der Waals surface area contributed by atoms with Crippen LogP contribution in [0.1, 0.15) is 16.7 Å². The number of hydrogen-bond acceptors (Lipinski definition) is 6. The van der Waals surface area contributed by atoms with Gasteiger partial charge in [-0.2, -0.15) is 10.2 Å². The largest absolute Gasteiger partial charge is 0.462 e. The van der Waals surface area contributed by atoms with Crippen molar-refractivity contribution in [3.63, 3.8) is 0 Å². The van der Waals surface area contributed by atoms with Gasteiger partial charge in [0.2, 0.25) is 0 Å². The Morgan fingerprint density at radius 3 is 2.50 bits per heavy atom. The van der Waals surface area contributed by atoms with Gasteiger partial charge < -0.3 is 4.74 Å². The van der Waals surface area contributed by atoms with Crippen molar-refractivity contribution < 1.29 is 14.5 Å². The molecule has 7 heteroatoms. The average molecular weight is 353 g/mol. The number of nitro benzene ring substituents is 1. The molecular weight excluding hydrogens is 334 g/mol. The predicted octanol–water partition coefficient (Wildman–Crippen LogP) is 4.90. The maximum Gasteiger partial charge on any atom is 0.330 e. The molecule has 0 fully saturated rings. The molecule has 2 aromatic rings. The summed E-state index contributed by atoms with van der Waals surface area (Å²) in [5, 5.41) is 19.0. The Labute approximate surface area is 151 Å². The van der Waals surface area contributed by atoms with Crippen LogP contribution in [-0.4, -0.2) is 17.5 Å². The highest BCUT2D eigenvalue weighted by molar-refractivity contribution is 5.81. The summed E-state index contributed by atoms with van der Waals surface area (Å²) < 4.78 is 5.01. The average Bonchev–Trinajstić information content (AvgIpc) is 2.63. The minimum atomic E-state index is -0.459. The van der Waals surface area contributed by atoms with E-state index in [4.69, 9.17) is 4.74 Å². The molecule has 0 aromatic heterocycles. The molecule has 0 spiro atoms. The summed E-state index contributed by atoms with van der Waals surface area (Å²) in [4.78, 5) is 21.3. The summed E-state index contributed by atoms with van der Waals surface area (Å²) in [7, 11) is 0. The zero-order chi connectivity index (χ0) is 19.1. The van der Waals surface area contributed by atoms with E-state index in [-0.39, 0.29) is 12.3 Å². The molecule has 2 aromatic carbocycles. The Balaban J connectivity index is 2.10. The molecule has 26 heavy (non-hydrogen) atoms. The molecule has 0 atom stereocenters. The summed E-state index contributed by atoms with van der Waals surface area (Å²) in [5.41, 5.74) is 4.28. The molecule has 0 heterocycles. The van der Waals surface area contributed by atoms with Gasteiger partial charge in [0.05, 0.1) is 22.9 Å². The summed E-state index contributed by atoms with van der Waals surface area (Å²) in [6.45, 7) is 7.52. The molecule has 2 rings (SSSR count). The Bertz CT molecular complexity index is 858. The van der Waals surface area contributed by atoms with Gasteiger partial charge in [0.25, 0.3) is 5.69 Å². The predicted molar refractivity (Wildman–Crippen MR) is 98.0 cm³/mol. The summed E-state index contributed by atoms with van der Waals surface area (Å²) in [6, 6.07) is 9.77. The Morgan fingerprint density at radius 2 is 1.88 bits per heavy atom. The van der Waals surface area contributed by atoms with Crippen molar-refractivity contribution in [3.8, 4) is 0 Å². The van der Waals surface area contributed by atoms with Crippen LogP contribution in [0.15, 0.2) is 59.3 Å². The van der Waals surface area contributed by atoms with Gasteiger partial charge in [0.15, 0.2) is 0 Å². The van der Waals surface area contributed by atoms with Gasteiger partial charge in [-0.05, 0) is 48.7 Å². The number of hydrogen-bond donors (Lipinski definition) is 0. The Hall–Kier alpha value is -3.35. The number of nitrogens with zero attached hydrogens (tertiary/aromatic N) is 3. The van der Waals surface area contributed by atoms with E-state index in [1.807, 2.05) is 26.0 Å². The number of ether oxygens (including phenoxy) is 1. The number of carbonyl (C=O) groups is 1. The number of azo groups is 1. The van der Waals surface area contributed by atoms with Crippen LogP contribution in [-0.2, 0) is 16.0 Å². The zero-order valence-corrected chi connectivity index (χ0v) is 14.6. The first-order chi connectivity index (χ1) is 12.4. The van der Waals surface area contributed by atoms with E-state index in [9.17, 15) is 14.9 Å². The highest BCUT2D eigenvalue weighted by Crippen LogP contribution is 2.26. The van der Waals surface area contributed by atoms with Crippen LogP contribution < -0.4 is 0 Å². The molecule has 0 aliphatic heterocycles. The first-order valence-corrected chi connectivity index (χ1v) is 7.96. The molecule has 7 nitrogen and oxygen atoms in total. The maximum atomic E-state index is 11.1. The van der Waals surface area contributed by atoms with E-state index >= 15 is 0 Å². The van der Waals surface area contributed by atoms with Crippen molar-refractivity contribution in [2.45, 2.75) is 20.3 Å². The van der Waals surface area contributed by atoms with E-state index in [1.165, 1.54) is 12.1 Å². The third kappa shape index (κ3) is 5.07. The fourth-order valence-electron chi connectivity index (χ4n) is 2.31. The lowest BCUT2D eigenvalue weighted by Gasteiger charge is -2.09. The maximum absolute atomic E-state index is 11.1. The number of benzene rings is 2. The van der Waals surface area contributed by atoms with Crippen LogP contribution in [0.4, 0.5) is 17.1 Å². The van der Waals surface area contributed by atoms with E-state index in [1.54, 1.807) is 12.1 Å². The van der Waals surface area contributed by atoms with Crippen LogP contribution >= 0.6 is 0 Å². The number of carbonyl (C=O) groups excluding carboxylic acids is 1. The van der Waals surface area contributed by atoms with Gasteiger partial charge in [-0.3, -0.25) is 10.1 Å². The quantitative estimate of drug-likeness (QED) is 0.233. The Kier molecular flexibility index (Phi) is 6.32. The highest BCUT2D eigenvalue weighted by atomic mass is 16.6. The monoisotopic (exact) mass is 353 g/mol. The fourth-order valence-corrected chi connectivity index (χ4v) is 2.31. The van der Waals surface area contributed by atoms with Gasteiger partial charge in [-0.25, -0.2) is 4.79 Å². The standard InChI is InChI=1S/C19H19N3O4/c1-4-19(23)26-10-9-15-11-14(3)18(12-13(15)2)21-20-16-5-7-17(8-6-16)22(24)25/h4-8,11-12H,1,9-10H2,2-3H3. The number of non-ortho nitro benzene ring substituents is 1. The van der Waals surface area contributed by atoms with E-state index in [0.717, 1.165) is 22.8 Å². The van der Waals surface area contributed by atoms with E-state index < -0.39 is 10.9 Å². The zero-order valence-electron chi connectivity index (χ0n) is 14.6. The first kappa shape index (κ1) is 19.0. The van der Waals surface area contributed by atoms with Crippen LogP contribution in [0.5, 0.6) is 0 Å². The molecule has 0 saturated carbocycles. The van der Waals surface area contributed by atoms with Crippen LogP contribution in [0, 0.1) is 24.0 Å². The molecule has 0 aliphatic rings. The van der Waals surface area contributed by atoms with Gasteiger partial charge in [0.1, 0.15) is 0 Å². The molecule has 0 radical (unpaired) electrons. The summed E-state index contributed by atoms with van der Waals surface area (Å²) >= 11 is 0. The second-order valence-electron chi connectivity index (χ2n) is 5.66. The lowest BCUT2D eigenvalue weighted by atomic mass is 10.0. The van der Waals surface area contributed by atoms with Gasteiger partial charge in [-0.1, -0.05) is 12.6 Å². The topological polar surface area (TPSA) is 94.2 Å². The fraction of sp³-hybridized carbons (Fsp3) is 0.211. The number of aryl methyl sites for hydroxylation is 2. The van der Waals surface area contributed by atoms with Crippen molar-refractivity contribution in [2.75, 3.05) is 6.61 Å². The smallest absolute Gasteiger partial charge is 0.330 e. The molecule has 0 bridgehead atoms. The molecule has 0 aliphatic carbocycles. The summed E-state index contributed by atoms with van der Waals surface area (Å²) in [5.74, 6) is -0.437. The normalized spacial score (nSPS) is 10.7.